The van der Waals surface area contributed by atoms with E-state index in [4.69, 9.17) is 4.42 Å². The van der Waals surface area contributed by atoms with E-state index in [9.17, 15) is 11.0 Å². The number of hydrogen-bond acceptors (Lipinski definition) is 2. The lowest BCUT2D eigenvalue weighted by Gasteiger charge is -2.28. The van der Waals surface area contributed by atoms with Crippen molar-refractivity contribution < 1.29 is 15.4 Å². The van der Waals surface area contributed by atoms with Crippen molar-refractivity contribution in [2.45, 2.75) is 0 Å². The Morgan fingerprint density at radius 1 is 0.362 bits per heavy atom. The van der Waals surface area contributed by atoms with E-state index in [1.54, 1.807) is 42.5 Å². The van der Waals surface area contributed by atoms with Gasteiger partial charge in [-0.3, -0.25) is 0 Å². The van der Waals surface area contributed by atoms with E-state index in [1.807, 2.05) is 133 Å². The van der Waals surface area contributed by atoms with Gasteiger partial charge < -0.3 is 9.32 Å². The van der Waals surface area contributed by atoms with Crippen LogP contribution in [0.4, 0.5) is 17.1 Å². The number of nitrogens with zero attached hydrogens (tertiary/aromatic N) is 1. The summed E-state index contributed by atoms with van der Waals surface area (Å²) >= 11 is 0. The normalized spacial score (nSPS) is 13.4. The maximum absolute atomic E-state index is 9.84. The van der Waals surface area contributed by atoms with Crippen molar-refractivity contribution in [3.63, 3.8) is 0 Å². The molecular weight excluding hydrogens is 703 g/mol. The quantitative estimate of drug-likeness (QED) is 0.161. The van der Waals surface area contributed by atoms with Crippen LogP contribution < -0.4 is 4.90 Å². The van der Waals surface area contributed by atoms with E-state index in [0.717, 1.165) is 49.0 Å². The summed E-state index contributed by atoms with van der Waals surface area (Å²) in [7, 11) is 0. The molecule has 58 heavy (non-hydrogen) atoms. The number of benzene rings is 10. The second-order valence-electron chi connectivity index (χ2n) is 14.2. The second kappa shape index (κ2) is 14.1. The van der Waals surface area contributed by atoms with Gasteiger partial charge in [-0.1, -0.05) is 176 Å². The van der Waals surface area contributed by atoms with Crippen molar-refractivity contribution in [1.82, 2.24) is 0 Å². The summed E-state index contributed by atoms with van der Waals surface area (Å²) in [6, 6.07) is 52.4. The Morgan fingerprint density at radius 3 is 1.71 bits per heavy atom. The summed E-state index contributed by atoms with van der Waals surface area (Å²) < 4.78 is 83.7. The first-order valence-electron chi connectivity index (χ1n) is 23.2. The minimum Gasteiger partial charge on any atom is -0.455 e. The highest BCUT2D eigenvalue weighted by molar-refractivity contribution is 6.22. The van der Waals surface area contributed by atoms with Crippen molar-refractivity contribution in [2.24, 2.45) is 0 Å². The molecule has 0 aliphatic rings. The van der Waals surface area contributed by atoms with Crippen LogP contribution in [0.25, 0.3) is 88.0 Å². The number of hydrogen-bond donors (Lipinski definition) is 0. The molecule has 0 aliphatic heterocycles. The minimum absolute atomic E-state index is 0.0872. The predicted octanol–water partition coefficient (Wildman–Crippen LogP) is 16.0. The molecule has 0 saturated heterocycles. The van der Waals surface area contributed by atoms with Gasteiger partial charge in [-0.15, -0.1) is 0 Å². The Bertz CT molecular complexity index is 3710. The molecule has 0 bridgehead atoms. The largest absolute Gasteiger partial charge is 0.455 e. The van der Waals surface area contributed by atoms with Gasteiger partial charge in [-0.2, -0.15) is 0 Å². The van der Waals surface area contributed by atoms with Crippen LogP contribution in [0, 0.1) is 0 Å². The van der Waals surface area contributed by atoms with Gasteiger partial charge >= 0.3 is 0 Å². The summed E-state index contributed by atoms with van der Waals surface area (Å²) in [4.78, 5) is 1.39. The van der Waals surface area contributed by atoms with Gasteiger partial charge in [0.15, 0.2) is 0 Å². The van der Waals surface area contributed by atoms with E-state index < -0.39 is 24.2 Å². The number of anilines is 3. The Hall–Kier alpha value is -7.68. The third-order valence-electron chi connectivity index (χ3n) is 10.8. The Morgan fingerprint density at radius 2 is 0.914 bits per heavy atom. The number of fused-ring (bicyclic) bond motifs is 6. The third-order valence-corrected chi connectivity index (χ3v) is 10.8. The summed E-state index contributed by atoms with van der Waals surface area (Å²) in [5, 5.41) is 5.54. The first-order valence-corrected chi connectivity index (χ1v) is 19.2. The highest BCUT2D eigenvalue weighted by Gasteiger charge is 2.22. The molecule has 0 unspecified atom stereocenters. The Labute approximate surface area is 348 Å². The van der Waals surface area contributed by atoms with Gasteiger partial charge in [0, 0.05) is 33.1 Å². The van der Waals surface area contributed by atoms with E-state index in [2.05, 4.69) is 0 Å². The van der Waals surface area contributed by atoms with Gasteiger partial charge in [0.1, 0.15) is 11.2 Å². The lowest BCUT2D eigenvalue weighted by atomic mass is 9.93. The van der Waals surface area contributed by atoms with Gasteiger partial charge in [0.25, 0.3) is 0 Å². The molecule has 0 aliphatic carbocycles. The van der Waals surface area contributed by atoms with Crippen LogP contribution >= 0.6 is 0 Å². The standard InChI is InChI=1S/C56H37NO/c1-2-14-38(15-3-1)39-28-32-45(33-29-39)57(46-34-30-40(31-35-46)42-19-12-20-43(36-42)48-25-13-18-41-16-4-6-21-47(41)48)53-26-10-8-23-50(53)52-37-44-17-5-7-22-49(44)56-55(52)51-24-9-11-27-54(51)58-56/h1-37H/i28D,29D,30D,31D,32D,33D,34D,35D. The molecule has 11 aromatic rings. The smallest absolute Gasteiger partial charge is 0.143 e. The van der Waals surface area contributed by atoms with E-state index in [1.165, 1.54) is 4.90 Å². The van der Waals surface area contributed by atoms with E-state index in [-0.39, 0.29) is 46.7 Å². The molecular formula is C56H37NO. The molecule has 0 spiro atoms. The fraction of sp³-hybridized carbons (Fsp3) is 0. The first-order chi connectivity index (χ1) is 32.1. The lowest BCUT2D eigenvalue weighted by Crippen LogP contribution is -2.11. The van der Waals surface area contributed by atoms with Gasteiger partial charge in [0.2, 0.25) is 0 Å². The molecule has 0 saturated carbocycles. The minimum atomic E-state index is -0.419. The molecule has 1 heterocycles. The number of para-hydroxylation sites is 2. The summed E-state index contributed by atoms with van der Waals surface area (Å²) in [5.74, 6) is 0. The number of furan rings is 1. The van der Waals surface area contributed by atoms with Crippen LogP contribution in [0.5, 0.6) is 0 Å². The van der Waals surface area contributed by atoms with Crippen LogP contribution in [0.1, 0.15) is 11.0 Å². The average molecular weight is 748 g/mol. The molecule has 1 aromatic heterocycles. The van der Waals surface area contributed by atoms with Crippen molar-refractivity contribution in [3.8, 4) is 44.5 Å². The highest BCUT2D eigenvalue weighted by Crippen LogP contribution is 2.47. The highest BCUT2D eigenvalue weighted by atomic mass is 16.3. The van der Waals surface area contributed by atoms with Crippen LogP contribution in [-0.2, 0) is 0 Å². The maximum atomic E-state index is 9.84. The second-order valence-corrected chi connectivity index (χ2v) is 14.2. The molecule has 11 rings (SSSR count). The summed E-state index contributed by atoms with van der Waals surface area (Å²) in [6.07, 6.45) is 0. The SMILES string of the molecule is [2H]c1c([2H])c(N(c2ccccc2-c2cc3ccccc3c3oc4ccccc4c23)c2c([2H])c([2H])c(-c3cccc(-c4cccc5ccccc45)c3)c([2H])c2[2H])c([2H])c([2H])c1-c1ccccc1. The van der Waals surface area contributed by atoms with Crippen molar-refractivity contribution in [2.75, 3.05) is 4.90 Å². The van der Waals surface area contributed by atoms with Crippen LogP contribution in [-0.4, -0.2) is 0 Å². The monoisotopic (exact) mass is 747 g/mol. The zero-order chi connectivity index (χ0) is 45.4. The molecule has 272 valence electrons. The van der Waals surface area contributed by atoms with Gasteiger partial charge in [-0.25, -0.2) is 0 Å². The average Bonchev–Trinajstić information content (AvgIpc) is 3.75. The van der Waals surface area contributed by atoms with Crippen LogP contribution in [0.3, 0.4) is 0 Å². The molecule has 2 heteroatoms. The molecule has 2 nitrogen and oxygen atoms in total. The van der Waals surface area contributed by atoms with Gasteiger partial charge in [-0.05, 0) is 104 Å². The Kier molecular flexibility index (Phi) is 6.38. The Balaban J connectivity index is 1.20. The molecule has 0 radical (unpaired) electrons. The molecule has 10 aromatic carbocycles. The molecule has 0 N–H and O–H groups in total. The van der Waals surface area contributed by atoms with Crippen molar-refractivity contribution >= 4 is 60.5 Å². The first kappa shape index (κ1) is 26.2. The number of rotatable bonds is 7. The fourth-order valence-corrected chi connectivity index (χ4v) is 8.07. The summed E-state index contributed by atoms with van der Waals surface area (Å²) in [6.45, 7) is 0. The topological polar surface area (TPSA) is 16.4 Å². The van der Waals surface area contributed by atoms with Crippen LogP contribution in [0.15, 0.2) is 229 Å². The van der Waals surface area contributed by atoms with E-state index in [0.29, 0.717) is 33.5 Å². The third kappa shape index (κ3) is 5.82. The molecule has 0 atom stereocenters. The van der Waals surface area contributed by atoms with Gasteiger partial charge in [0.05, 0.1) is 16.7 Å². The maximum Gasteiger partial charge on any atom is 0.143 e. The molecule has 0 amide bonds. The summed E-state index contributed by atoms with van der Waals surface area (Å²) in [5.41, 5.74) is 5.47. The van der Waals surface area contributed by atoms with E-state index >= 15 is 0 Å². The predicted molar refractivity (Wildman–Crippen MR) is 245 cm³/mol. The fourth-order valence-electron chi connectivity index (χ4n) is 8.07. The van der Waals surface area contributed by atoms with Crippen molar-refractivity contribution in [3.05, 3.63) is 224 Å². The zero-order valence-corrected chi connectivity index (χ0v) is 31.1. The molecule has 0 fully saturated rings. The lowest BCUT2D eigenvalue weighted by molar-refractivity contribution is 0.673. The zero-order valence-electron chi connectivity index (χ0n) is 39.1. The van der Waals surface area contributed by atoms with Crippen LogP contribution in [0.2, 0.25) is 0 Å². The van der Waals surface area contributed by atoms with Crippen molar-refractivity contribution in [1.29, 1.82) is 0 Å².